The Kier molecular flexibility index (Phi) is 2.19. The van der Waals surface area contributed by atoms with Crippen LogP contribution in [-0.4, -0.2) is 16.9 Å². The third kappa shape index (κ3) is 1.73. The number of amides is 1. The Morgan fingerprint density at radius 3 is 2.93 bits per heavy atom. The highest BCUT2D eigenvalue weighted by Crippen LogP contribution is 2.20. The van der Waals surface area contributed by atoms with Crippen LogP contribution < -0.4 is 5.32 Å². The van der Waals surface area contributed by atoms with E-state index in [1.54, 1.807) is 13.0 Å². The molecule has 0 atom stereocenters. The maximum Gasteiger partial charge on any atom is 0.256 e. The first-order chi connectivity index (χ1) is 6.68. The van der Waals surface area contributed by atoms with Gasteiger partial charge in [0.2, 0.25) is 5.95 Å². The Labute approximate surface area is 81.3 Å². The van der Waals surface area contributed by atoms with Gasteiger partial charge in [0, 0.05) is 12.2 Å². The van der Waals surface area contributed by atoms with Crippen LogP contribution in [0.4, 0.5) is 4.39 Å². The van der Waals surface area contributed by atoms with E-state index in [0.717, 1.165) is 12.8 Å². The number of halogens is 1. The number of pyridine rings is 1. The molecule has 0 aromatic carbocycles. The van der Waals surface area contributed by atoms with Crippen molar-refractivity contribution in [2.75, 3.05) is 0 Å². The molecule has 1 N–H and O–H groups in total. The summed E-state index contributed by atoms with van der Waals surface area (Å²) < 4.78 is 13.2. The molecule has 1 amide bonds. The van der Waals surface area contributed by atoms with E-state index in [9.17, 15) is 9.18 Å². The summed E-state index contributed by atoms with van der Waals surface area (Å²) in [6.07, 6.45) is 3.35. The number of aromatic nitrogens is 1. The maximum atomic E-state index is 13.2. The third-order valence-corrected chi connectivity index (χ3v) is 2.25. The predicted octanol–water partition coefficient (Wildman–Crippen LogP) is 1.42. The number of hydrogen-bond acceptors (Lipinski definition) is 2. The van der Waals surface area contributed by atoms with E-state index in [4.69, 9.17) is 0 Å². The number of hydrogen-bond donors (Lipinski definition) is 1. The summed E-state index contributed by atoms with van der Waals surface area (Å²) in [5, 5.41) is 2.73. The zero-order valence-electron chi connectivity index (χ0n) is 7.88. The molecule has 1 aliphatic carbocycles. The fourth-order valence-electron chi connectivity index (χ4n) is 1.28. The summed E-state index contributed by atoms with van der Waals surface area (Å²) in [5.74, 6) is -1.04. The van der Waals surface area contributed by atoms with Crippen LogP contribution in [0.5, 0.6) is 0 Å². The number of aryl methyl sites for hydroxylation is 1. The normalized spacial score (nSPS) is 15.3. The highest BCUT2D eigenvalue weighted by molar-refractivity contribution is 5.95. The highest BCUT2D eigenvalue weighted by Gasteiger charge is 2.26. The lowest BCUT2D eigenvalue weighted by Gasteiger charge is -2.06. The zero-order valence-corrected chi connectivity index (χ0v) is 7.88. The van der Waals surface area contributed by atoms with E-state index in [2.05, 4.69) is 10.3 Å². The fraction of sp³-hybridized carbons (Fsp3) is 0.400. The monoisotopic (exact) mass is 194 g/mol. The number of rotatable bonds is 2. The van der Waals surface area contributed by atoms with Gasteiger partial charge in [0.05, 0.1) is 5.56 Å². The summed E-state index contributed by atoms with van der Waals surface area (Å²) in [4.78, 5) is 15.0. The lowest BCUT2D eigenvalue weighted by molar-refractivity contribution is 0.0945. The van der Waals surface area contributed by atoms with E-state index in [-0.39, 0.29) is 17.5 Å². The molecule has 1 aromatic rings. The van der Waals surface area contributed by atoms with Crippen LogP contribution in [0.1, 0.15) is 28.8 Å². The number of nitrogens with one attached hydrogen (secondary N) is 1. The molecule has 3 nitrogen and oxygen atoms in total. The van der Waals surface area contributed by atoms with Gasteiger partial charge in [-0.05, 0) is 31.4 Å². The molecule has 14 heavy (non-hydrogen) atoms. The standard InChI is InChI=1S/C10H11FN2O/c1-6-4-5-12-9(11)8(6)10(14)13-7-2-3-7/h4-5,7H,2-3H2,1H3,(H,13,14). The van der Waals surface area contributed by atoms with Crippen molar-refractivity contribution >= 4 is 5.91 Å². The molecular weight excluding hydrogens is 183 g/mol. The first-order valence-electron chi connectivity index (χ1n) is 4.60. The minimum Gasteiger partial charge on any atom is -0.349 e. The predicted molar refractivity (Wildman–Crippen MR) is 49.4 cm³/mol. The molecule has 0 bridgehead atoms. The Hall–Kier alpha value is -1.45. The Balaban J connectivity index is 2.24. The SMILES string of the molecule is Cc1ccnc(F)c1C(=O)NC1CC1. The minimum atomic E-state index is -0.692. The smallest absolute Gasteiger partial charge is 0.256 e. The van der Waals surface area contributed by atoms with E-state index >= 15 is 0 Å². The molecule has 4 heteroatoms. The van der Waals surface area contributed by atoms with Crippen molar-refractivity contribution in [3.63, 3.8) is 0 Å². The zero-order chi connectivity index (χ0) is 10.1. The van der Waals surface area contributed by atoms with Crippen molar-refractivity contribution in [1.82, 2.24) is 10.3 Å². The first kappa shape index (κ1) is 9.12. The van der Waals surface area contributed by atoms with Gasteiger partial charge in [-0.25, -0.2) is 4.98 Å². The van der Waals surface area contributed by atoms with Crippen LogP contribution in [0.3, 0.4) is 0 Å². The van der Waals surface area contributed by atoms with Gasteiger partial charge in [0.15, 0.2) is 0 Å². The minimum absolute atomic E-state index is 0.0689. The van der Waals surface area contributed by atoms with Gasteiger partial charge < -0.3 is 5.32 Å². The Morgan fingerprint density at radius 2 is 2.36 bits per heavy atom. The number of nitrogens with zero attached hydrogens (tertiary/aromatic N) is 1. The summed E-state index contributed by atoms with van der Waals surface area (Å²) in [5.41, 5.74) is 0.690. The topological polar surface area (TPSA) is 42.0 Å². The van der Waals surface area contributed by atoms with Gasteiger partial charge in [0.25, 0.3) is 5.91 Å². The molecule has 1 saturated carbocycles. The molecule has 1 aliphatic rings. The average Bonchev–Trinajstić information content (AvgIpc) is 2.87. The first-order valence-corrected chi connectivity index (χ1v) is 4.60. The van der Waals surface area contributed by atoms with Crippen LogP contribution in [0.15, 0.2) is 12.3 Å². The second kappa shape index (κ2) is 3.36. The second-order valence-corrected chi connectivity index (χ2v) is 3.54. The molecule has 0 saturated heterocycles. The molecule has 0 radical (unpaired) electrons. The van der Waals surface area contributed by atoms with Gasteiger partial charge in [0.1, 0.15) is 0 Å². The largest absolute Gasteiger partial charge is 0.349 e. The molecule has 1 fully saturated rings. The lowest BCUT2D eigenvalue weighted by atomic mass is 10.1. The van der Waals surface area contributed by atoms with E-state index < -0.39 is 5.95 Å². The second-order valence-electron chi connectivity index (χ2n) is 3.54. The van der Waals surface area contributed by atoms with Crippen molar-refractivity contribution in [1.29, 1.82) is 0 Å². The summed E-state index contributed by atoms with van der Waals surface area (Å²) in [7, 11) is 0. The van der Waals surface area contributed by atoms with Crippen molar-refractivity contribution in [3.05, 3.63) is 29.3 Å². The lowest BCUT2D eigenvalue weighted by Crippen LogP contribution is -2.27. The van der Waals surface area contributed by atoms with Crippen molar-refractivity contribution in [2.24, 2.45) is 0 Å². The van der Waals surface area contributed by atoms with E-state index in [1.165, 1.54) is 6.20 Å². The van der Waals surface area contributed by atoms with Crippen LogP contribution in [-0.2, 0) is 0 Å². The van der Waals surface area contributed by atoms with Crippen LogP contribution in [0.2, 0.25) is 0 Å². The van der Waals surface area contributed by atoms with Crippen LogP contribution in [0, 0.1) is 12.9 Å². The van der Waals surface area contributed by atoms with Gasteiger partial charge >= 0.3 is 0 Å². The molecule has 0 unspecified atom stereocenters. The molecule has 74 valence electrons. The quantitative estimate of drug-likeness (QED) is 0.723. The number of carbonyl (C=O) groups excluding carboxylic acids is 1. The van der Waals surface area contributed by atoms with Gasteiger partial charge in [-0.15, -0.1) is 0 Å². The van der Waals surface area contributed by atoms with Gasteiger partial charge in [-0.3, -0.25) is 4.79 Å². The summed E-state index contributed by atoms with van der Waals surface area (Å²) in [6, 6.07) is 1.87. The van der Waals surface area contributed by atoms with Gasteiger partial charge in [-0.1, -0.05) is 0 Å². The van der Waals surface area contributed by atoms with Crippen LogP contribution >= 0.6 is 0 Å². The third-order valence-electron chi connectivity index (χ3n) is 2.25. The summed E-state index contributed by atoms with van der Waals surface area (Å²) >= 11 is 0. The fourth-order valence-corrected chi connectivity index (χ4v) is 1.28. The summed E-state index contributed by atoms with van der Waals surface area (Å²) in [6.45, 7) is 1.70. The molecule has 1 aromatic heterocycles. The Morgan fingerprint density at radius 1 is 1.64 bits per heavy atom. The molecule has 2 rings (SSSR count). The van der Waals surface area contributed by atoms with Gasteiger partial charge in [-0.2, -0.15) is 4.39 Å². The molecular formula is C10H11FN2O. The molecule has 0 spiro atoms. The number of carbonyl (C=O) groups is 1. The highest BCUT2D eigenvalue weighted by atomic mass is 19.1. The van der Waals surface area contributed by atoms with Crippen molar-refractivity contribution < 1.29 is 9.18 Å². The van der Waals surface area contributed by atoms with Crippen molar-refractivity contribution in [2.45, 2.75) is 25.8 Å². The van der Waals surface area contributed by atoms with E-state index in [1.807, 2.05) is 0 Å². The molecule has 1 heterocycles. The van der Waals surface area contributed by atoms with Crippen LogP contribution in [0.25, 0.3) is 0 Å². The molecule has 0 aliphatic heterocycles. The maximum absolute atomic E-state index is 13.2. The Bertz CT molecular complexity index is 354. The average molecular weight is 194 g/mol. The van der Waals surface area contributed by atoms with Crippen molar-refractivity contribution in [3.8, 4) is 0 Å². The van der Waals surface area contributed by atoms with E-state index in [0.29, 0.717) is 5.56 Å².